The zero-order valence-electron chi connectivity index (χ0n) is 8.73. The standard InChI is InChI=1S/C12H12F3O/c13-9-5-10(14)12(15)11(6-9)16-7-8-3-1-2-4-8/h5,8H,1-4,7H2. The van der Waals surface area contributed by atoms with Crippen LogP contribution in [0.25, 0.3) is 0 Å². The molecule has 0 bridgehead atoms. The highest BCUT2D eigenvalue weighted by atomic mass is 19.2. The van der Waals surface area contributed by atoms with E-state index in [9.17, 15) is 13.2 Å². The molecule has 1 aromatic rings. The fraction of sp³-hybridized carbons (Fsp3) is 0.500. The van der Waals surface area contributed by atoms with Gasteiger partial charge in [-0.15, -0.1) is 0 Å². The van der Waals surface area contributed by atoms with Crippen molar-refractivity contribution in [2.45, 2.75) is 25.7 Å². The first-order valence-corrected chi connectivity index (χ1v) is 5.36. The van der Waals surface area contributed by atoms with E-state index in [1.807, 2.05) is 6.07 Å². The monoisotopic (exact) mass is 229 g/mol. The van der Waals surface area contributed by atoms with E-state index < -0.39 is 23.2 Å². The lowest BCUT2D eigenvalue weighted by Gasteiger charge is -2.11. The molecule has 1 nitrogen and oxygen atoms in total. The van der Waals surface area contributed by atoms with Gasteiger partial charge in [0, 0.05) is 6.07 Å². The van der Waals surface area contributed by atoms with Gasteiger partial charge in [-0.1, -0.05) is 12.8 Å². The van der Waals surface area contributed by atoms with Gasteiger partial charge in [0.2, 0.25) is 5.82 Å². The zero-order chi connectivity index (χ0) is 11.5. The minimum Gasteiger partial charge on any atom is -0.489 e. The van der Waals surface area contributed by atoms with Crippen LogP contribution < -0.4 is 4.74 Å². The van der Waals surface area contributed by atoms with Gasteiger partial charge in [0.15, 0.2) is 11.6 Å². The third-order valence-electron chi connectivity index (χ3n) is 2.83. The van der Waals surface area contributed by atoms with Crippen LogP contribution in [0.3, 0.4) is 0 Å². The fourth-order valence-electron chi connectivity index (χ4n) is 1.96. The van der Waals surface area contributed by atoms with E-state index in [1.54, 1.807) is 0 Å². The largest absolute Gasteiger partial charge is 0.489 e. The minimum atomic E-state index is -1.24. The van der Waals surface area contributed by atoms with Gasteiger partial charge in [-0.05, 0) is 18.8 Å². The summed E-state index contributed by atoms with van der Waals surface area (Å²) in [6, 6.07) is 2.49. The summed E-state index contributed by atoms with van der Waals surface area (Å²) < 4.78 is 43.8. The fourth-order valence-corrected chi connectivity index (χ4v) is 1.96. The van der Waals surface area contributed by atoms with Crippen LogP contribution in [-0.4, -0.2) is 6.61 Å². The molecule has 0 aromatic heterocycles. The summed E-state index contributed by atoms with van der Waals surface area (Å²) in [5.74, 6) is -3.44. The number of ether oxygens (including phenoxy) is 1. The van der Waals surface area contributed by atoms with Crippen LogP contribution in [0.2, 0.25) is 0 Å². The first-order valence-electron chi connectivity index (χ1n) is 5.36. The molecular formula is C12H12F3O. The first-order chi connectivity index (χ1) is 7.66. The molecule has 1 aliphatic carbocycles. The highest BCUT2D eigenvalue weighted by Crippen LogP contribution is 2.27. The number of hydrogen-bond donors (Lipinski definition) is 0. The van der Waals surface area contributed by atoms with Crippen LogP contribution in [0.5, 0.6) is 5.75 Å². The van der Waals surface area contributed by atoms with Crippen LogP contribution in [0.1, 0.15) is 25.7 Å². The summed E-state index contributed by atoms with van der Waals surface area (Å²) in [5.41, 5.74) is 0. The molecular weight excluding hydrogens is 217 g/mol. The van der Waals surface area contributed by atoms with E-state index in [0.29, 0.717) is 18.6 Å². The van der Waals surface area contributed by atoms with Crippen LogP contribution in [0, 0.1) is 29.4 Å². The Balaban J connectivity index is 2.02. The van der Waals surface area contributed by atoms with Gasteiger partial charge in [-0.3, -0.25) is 0 Å². The van der Waals surface area contributed by atoms with E-state index in [4.69, 9.17) is 4.74 Å². The Morgan fingerprint density at radius 1 is 1.25 bits per heavy atom. The lowest BCUT2D eigenvalue weighted by molar-refractivity contribution is 0.237. The van der Waals surface area contributed by atoms with Crippen molar-refractivity contribution in [3.05, 3.63) is 29.6 Å². The average Bonchev–Trinajstić information content (AvgIpc) is 2.74. The van der Waals surface area contributed by atoms with Crippen LogP contribution in [-0.2, 0) is 0 Å². The summed E-state index contributed by atoms with van der Waals surface area (Å²) in [6.07, 6.45) is 4.33. The molecule has 0 aliphatic heterocycles. The molecule has 0 unspecified atom stereocenters. The summed E-state index contributed by atoms with van der Waals surface area (Å²) in [5, 5.41) is 0. The highest BCUT2D eigenvalue weighted by molar-refractivity contribution is 5.24. The van der Waals surface area contributed by atoms with Crippen molar-refractivity contribution in [2.24, 2.45) is 5.92 Å². The van der Waals surface area contributed by atoms with E-state index in [0.717, 1.165) is 25.7 Å². The van der Waals surface area contributed by atoms with E-state index in [-0.39, 0.29) is 0 Å². The predicted octanol–water partition coefficient (Wildman–Crippen LogP) is 3.47. The third-order valence-corrected chi connectivity index (χ3v) is 2.83. The lowest BCUT2D eigenvalue weighted by Crippen LogP contribution is -2.09. The quantitative estimate of drug-likeness (QED) is 0.721. The van der Waals surface area contributed by atoms with E-state index in [2.05, 4.69) is 0 Å². The van der Waals surface area contributed by atoms with Gasteiger partial charge in [-0.2, -0.15) is 4.39 Å². The Morgan fingerprint density at radius 2 is 1.94 bits per heavy atom. The molecule has 0 atom stereocenters. The Kier molecular flexibility index (Phi) is 3.36. The zero-order valence-corrected chi connectivity index (χ0v) is 8.73. The van der Waals surface area contributed by atoms with Gasteiger partial charge in [0.25, 0.3) is 0 Å². The van der Waals surface area contributed by atoms with Gasteiger partial charge < -0.3 is 4.74 Å². The Morgan fingerprint density at radius 3 is 2.62 bits per heavy atom. The van der Waals surface area contributed by atoms with E-state index >= 15 is 0 Å². The van der Waals surface area contributed by atoms with Crippen molar-refractivity contribution in [3.8, 4) is 5.75 Å². The number of benzene rings is 1. The Labute approximate surface area is 92.2 Å². The van der Waals surface area contributed by atoms with E-state index in [1.165, 1.54) is 0 Å². The second-order valence-electron chi connectivity index (χ2n) is 4.07. The highest BCUT2D eigenvalue weighted by Gasteiger charge is 2.18. The summed E-state index contributed by atoms with van der Waals surface area (Å²) in [7, 11) is 0. The van der Waals surface area contributed by atoms with Gasteiger partial charge >= 0.3 is 0 Å². The molecule has 0 spiro atoms. The molecule has 0 amide bonds. The second kappa shape index (κ2) is 4.76. The molecule has 2 rings (SSSR count). The molecule has 1 saturated carbocycles. The van der Waals surface area contributed by atoms with Gasteiger partial charge in [0.05, 0.1) is 12.7 Å². The van der Waals surface area contributed by atoms with Crippen LogP contribution >= 0.6 is 0 Å². The Hall–Kier alpha value is -1.19. The molecule has 1 aromatic carbocycles. The molecule has 0 heterocycles. The predicted molar refractivity (Wildman–Crippen MR) is 52.6 cm³/mol. The SMILES string of the molecule is Fc1[c]c(OCC2CCCC2)c(F)c(F)c1. The average molecular weight is 229 g/mol. The molecule has 1 radical (unpaired) electrons. The van der Waals surface area contributed by atoms with Gasteiger partial charge in [-0.25, -0.2) is 8.78 Å². The van der Waals surface area contributed by atoms with Crippen LogP contribution in [0.4, 0.5) is 13.2 Å². The molecule has 1 aliphatic rings. The second-order valence-corrected chi connectivity index (χ2v) is 4.07. The summed E-state index contributed by atoms with van der Waals surface area (Å²) in [6.45, 7) is 0.302. The molecule has 4 heteroatoms. The van der Waals surface area contributed by atoms with Crippen molar-refractivity contribution in [1.82, 2.24) is 0 Å². The third kappa shape index (κ3) is 2.49. The first kappa shape index (κ1) is 11.3. The normalized spacial score (nSPS) is 16.7. The molecule has 0 N–H and O–H groups in total. The number of rotatable bonds is 3. The minimum absolute atomic E-state index is 0.302. The maximum atomic E-state index is 13.2. The molecule has 87 valence electrons. The maximum Gasteiger partial charge on any atom is 0.201 e. The molecule has 0 saturated heterocycles. The smallest absolute Gasteiger partial charge is 0.201 e. The topological polar surface area (TPSA) is 9.23 Å². The van der Waals surface area contributed by atoms with Crippen molar-refractivity contribution in [2.75, 3.05) is 6.61 Å². The number of halogens is 3. The Bertz CT molecular complexity index is 373. The summed E-state index contributed by atoms with van der Waals surface area (Å²) >= 11 is 0. The van der Waals surface area contributed by atoms with Crippen molar-refractivity contribution < 1.29 is 17.9 Å². The van der Waals surface area contributed by atoms with Crippen LogP contribution in [0.15, 0.2) is 6.07 Å². The molecule has 16 heavy (non-hydrogen) atoms. The van der Waals surface area contributed by atoms with Crippen molar-refractivity contribution in [1.29, 1.82) is 0 Å². The lowest BCUT2D eigenvalue weighted by atomic mass is 10.1. The maximum absolute atomic E-state index is 13.2. The van der Waals surface area contributed by atoms with Crippen molar-refractivity contribution in [3.63, 3.8) is 0 Å². The summed E-state index contributed by atoms with van der Waals surface area (Å²) in [4.78, 5) is 0. The number of hydrogen-bond acceptors (Lipinski definition) is 1. The van der Waals surface area contributed by atoms with Crippen molar-refractivity contribution >= 4 is 0 Å². The van der Waals surface area contributed by atoms with Gasteiger partial charge in [0.1, 0.15) is 5.82 Å². The molecule has 1 fully saturated rings.